The normalized spacial score (nSPS) is 13.0. The summed E-state index contributed by atoms with van der Waals surface area (Å²) in [6.45, 7) is 17.0. The van der Waals surface area contributed by atoms with Crippen LogP contribution in [0, 0.1) is 20.8 Å². The summed E-state index contributed by atoms with van der Waals surface area (Å²) < 4.78 is 5.54. The van der Waals surface area contributed by atoms with Gasteiger partial charge in [0.15, 0.2) is 0 Å². The van der Waals surface area contributed by atoms with Gasteiger partial charge in [-0.25, -0.2) is 4.79 Å². The van der Waals surface area contributed by atoms with Crippen LogP contribution < -0.4 is 10.6 Å². The molecule has 2 atom stereocenters. The van der Waals surface area contributed by atoms with Crippen LogP contribution in [0.1, 0.15) is 81.8 Å². The van der Waals surface area contributed by atoms with E-state index in [-0.39, 0.29) is 18.1 Å². The van der Waals surface area contributed by atoms with Gasteiger partial charge >= 0.3 is 6.09 Å². The van der Waals surface area contributed by atoms with Crippen LogP contribution in [0.5, 0.6) is 5.75 Å². The highest BCUT2D eigenvalue weighted by Gasteiger charge is 2.43. The molecule has 236 valence electrons. The fraction of sp³-hybridized carbons (Fsp3) is 0.417. The maximum atomic E-state index is 14.8. The number of carbonyl (C=O) groups excluding carboxylic acids is 3. The number of hydrogen-bond donors (Lipinski definition) is 3. The van der Waals surface area contributed by atoms with E-state index < -0.39 is 35.2 Å². The molecule has 0 aliphatic carbocycles. The second-order valence-electron chi connectivity index (χ2n) is 13.0. The molecule has 0 aliphatic heterocycles. The van der Waals surface area contributed by atoms with Crippen LogP contribution in [0.25, 0.3) is 0 Å². The summed E-state index contributed by atoms with van der Waals surface area (Å²) in [5, 5.41) is 15.7. The molecule has 0 aromatic heterocycles. The summed E-state index contributed by atoms with van der Waals surface area (Å²) in [5.41, 5.74) is 3.40. The minimum absolute atomic E-state index is 0.0909. The lowest BCUT2D eigenvalue weighted by Gasteiger charge is -2.44. The molecule has 0 spiro atoms. The largest absolute Gasteiger partial charge is 0.508 e. The summed E-state index contributed by atoms with van der Waals surface area (Å²) in [6, 6.07) is 17.7. The molecule has 0 radical (unpaired) electrons. The van der Waals surface area contributed by atoms with E-state index in [4.69, 9.17) is 4.74 Å². The zero-order valence-corrected chi connectivity index (χ0v) is 27.4. The summed E-state index contributed by atoms with van der Waals surface area (Å²) >= 11 is 0. The topological polar surface area (TPSA) is 108 Å². The molecule has 3 amide bonds. The van der Waals surface area contributed by atoms with Crippen molar-refractivity contribution in [2.75, 3.05) is 5.32 Å². The first-order valence-corrected chi connectivity index (χ1v) is 15.1. The number of benzene rings is 3. The number of nitrogens with one attached hydrogen (secondary N) is 2. The van der Waals surface area contributed by atoms with E-state index in [9.17, 15) is 19.5 Å². The van der Waals surface area contributed by atoms with Gasteiger partial charge in [0.1, 0.15) is 23.4 Å². The van der Waals surface area contributed by atoms with Crippen molar-refractivity contribution in [3.8, 4) is 5.75 Å². The summed E-state index contributed by atoms with van der Waals surface area (Å²) in [4.78, 5) is 43.9. The van der Waals surface area contributed by atoms with E-state index in [1.165, 1.54) is 12.1 Å². The Labute approximate surface area is 261 Å². The van der Waals surface area contributed by atoms with Gasteiger partial charge in [0.25, 0.3) is 5.91 Å². The third-order valence-corrected chi connectivity index (χ3v) is 7.88. The van der Waals surface area contributed by atoms with Gasteiger partial charge in [-0.3, -0.25) is 9.59 Å². The van der Waals surface area contributed by atoms with Gasteiger partial charge in [0.2, 0.25) is 5.91 Å². The summed E-state index contributed by atoms with van der Waals surface area (Å²) in [7, 11) is 0. The molecule has 0 bridgehead atoms. The molecule has 0 saturated heterocycles. The lowest BCUT2D eigenvalue weighted by molar-refractivity contribution is -0.147. The first-order chi connectivity index (χ1) is 20.5. The van der Waals surface area contributed by atoms with Crippen molar-refractivity contribution >= 4 is 23.6 Å². The number of alkyl carbamates (subject to hydrolysis) is 1. The molecule has 3 aromatic carbocycles. The third-order valence-electron chi connectivity index (χ3n) is 7.88. The maximum Gasteiger partial charge on any atom is 0.408 e. The zero-order valence-electron chi connectivity index (χ0n) is 27.4. The predicted molar refractivity (Wildman–Crippen MR) is 175 cm³/mol. The van der Waals surface area contributed by atoms with Crippen LogP contribution in [0.2, 0.25) is 0 Å². The number of anilines is 1. The quantitative estimate of drug-likeness (QED) is 0.229. The van der Waals surface area contributed by atoms with E-state index in [1.807, 2.05) is 84.0 Å². The van der Waals surface area contributed by atoms with Crippen LogP contribution in [0.3, 0.4) is 0 Å². The molecule has 2 unspecified atom stereocenters. The Morgan fingerprint density at radius 3 is 2.07 bits per heavy atom. The van der Waals surface area contributed by atoms with Crippen molar-refractivity contribution in [1.82, 2.24) is 10.2 Å². The molecule has 3 aromatic rings. The number of aromatic hydroxyl groups is 1. The average Bonchev–Trinajstić information content (AvgIpc) is 2.93. The number of amides is 3. The molecule has 44 heavy (non-hydrogen) atoms. The van der Waals surface area contributed by atoms with E-state index in [0.29, 0.717) is 17.7 Å². The van der Waals surface area contributed by atoms with Gasteiger partial charge in [-0.1, -0.05) is 55.5 Å². The van der Waals surface area contributed by atoms with Crippen molar-refractivity contribution in [3.63, 3.8) is 0 Å². The second kappa shape index (κ2) is 14.0. The smallest absolute Gasteiger partial charge is 0.408 e. The molecule has 3 rings (SSSR count). The fourth-order valence-corrected chi connectivity index (χ4v) is 4.90. The van der Waals surface area contributed by atoms with Crippen LogP contribution in [0.15, 0.2) is 66.7 Å². The summed E-state index contributed by atoms with van der Waals surface area (Å²) in [5.74, 6) is -0.704. The second-order valence-corrected chi connectivity index (χ2v) is 13.0. The van der Waals surface area contributed by atoms with Gasteiger partial charge in [0, 0.05) is 17.6 Å². The van der Waals surface area contributed by atoms with Gasteiger partial charge < -0.3 is 25.4 Å². The lowest BCUT2D eigenvalue weighted by atomic mass is 9.90. The molecule has 8 heteroatoms. The highest BCUT2D eigenvalue weighted by Crippen LogP contribution is 2.34. The maximum absolute atomic E-state index is 14.8. The average molecular weight is 602 g/mol. The summed E-state index contributed by atoms with van der Waals surface area (Å²) in [6.07, 6.45) is -0.0833. The van der Waals surface area contributed by atoms with Crippen LogP contribution >= 0.6 is 0 Å². The minimum Gasteiger partial charge on any atom is -0.508 e. The first kappa shape index (κ1) is 34.2. The van der Waals surface area contributed by atoms with Crippen molar-refractivity contribution in [2.45, 2.75) is 98.4 Å². The van der Waals surface area contributed by atoms with Crippen LogP contribution in [-0.2, 0) is 20.7 Å². The number of para-hydroxylation sites is 1. The monoisotopic (exact) mass is 601 g/mol. The number of aryl methyl sites for hydroxylation is 3. The number of carbonyl (C=O) groups is 3. The van der Waals surface area contributed by atoms with Crippen LogP contribution in [-0.4, -0.2) is 45.1 Å². The Hall–Kier alpha value is -4.33. The molecular weight excluding hydrogens is 554 g/mol. The van der Waals surface area contributed by atoms with Gasteiger partial charge in [-0.2, -0.15) is 0 Å². The van der Waals surface area contributed by atoms with Gasteiger partial charge in [-0.05, 0) is 108 Å². The number of phenols is 1. The van der Waals surface area contributed by atoms with Crippen LogP contribution in [0.4, 0.5) is 10.5 Å². The Kier molecular flexibility index (Phi) is 10.8. The SMILES string of the molecule is CCC(C)(C)N(C(=O)C(Cc1ccc(O)cc1)NC(=O)OC(C)(C)C)C(C(=O)Nc1ccccc1C)c1ccc(C)c(C)c1. The third kappa shape index (κ3) is 8.85. The molecular formula is C36H47N3O5. The predicted octanol–water partition coefficient (Wildman–Crippen LogP) is 7.15. The fourth-order valence-electron chi connectivity index (χ4n) is 4.90. The molecule has 8 nitrogen and oxygen atoms in total. The Morgan fingerprint density at radius 2 is 1.50 bits per heavy atom. The van der Waals surface area contributed by atoms with Crippen molar-refractivity contribution in [3.05, 3.63) is 94.5 Å². The molecule has 0 fully saturated rings. The molecule has 0 heterocycles. The van der Waals surface area contributed by atoms with E-state index in [0.717, 1.165) is 22.3 Å². The molecule has 3 N–H and O–H groups in total. The van der Waals surface area contributed by atoms with E-state index in [1.54, 1.807) is 37.8 Å². The Bertz CT molecular complexity index is 1470. The Balaban J connectivity index is 2.18. The van der Waals surface area contributed by atoms with E-state index in [2.05, 4.69) is 10.6 Å². The molecule has 0 aliphatic rings. The highest BCUT2D eigenvalue weighted by molar-refractivity contribution is 5.99. The zero-order chi connectivity index (χ0) is 32.8. The Morgan fingerprint density at radius 1 is 0.864 bits per heavy atom. The van der Waals surface area contributed by atoms with E-state index >= 15 is 0 Å². The van der Waals surface area contributed by atoms with Crippen molar-refractivity contribution < 1.29 is 24.2 Å². The number of phenolic OH excluding ortho intramolecular Hbond substituents is 1. The number of ether oxygens (including phenoxy) is 1. The van der Waals surface area contributed by atoms with Gasteiger partial charge in [-0.15, -0.1) is 0 Å². The number of rotatable bonds is 10. The first-order valence-electron chi connectivity index (χ1n) is 15.1. The standard InChI is InChI=1S/C36H47N3O5/c1-10-36(8,9)39(33(42)30(38-34(43)44-35(5,6)7)22-26-16-19-28(40)20-17-26)31(27-18-15-23(2)25(4)21-27)32(41)37-29-14-12-11-13-24(29)3/h11-21,30-31,40H,10,22H2,1-9H3,(H,37,41)(H,38,43). The minimum atomic E-state index is -1.07. The highest BCUT2D eigenvalue weighted by atomic mass is 16.6. The lowest BCUT2D eigenvalue weighted by Crippen LogP contribution is -2.59. The number of nitrogens with zero attached hydrogens (tertiary/aromatic N) is 1. The van der Waals surface area contributed by atoms with Crippen molar-refractivity contribution in [1.29, 1.82) is 0 Å². The number of hydrogen-bond acceptors (Lipinski definition) is 5. The van der Waals surface area contributed by atoms with Gasteiger partial charge in [0.05, 0.1) is 0 Å². The molecule has 0 saturated carbocycles. The van der Waals surface area contributed by atoms with Crippen molar-refractivity contribution in [2.24, 2.45) is 0 Å².